The summed E-state index contributed by atoms with van der Waals surface area (Å²) in [7, 11) is 0. The van der Waals surface area contributed by atoms with Gasteiger partial charge in [-0.1, -0.05) is 12.7 Å². The monoisotopic (exact) mass is 215 g/mol. The van der Waals surface area contributed by atoms with E-state index in [0.717, 1.165) is 24.3 Å². The van der Waals surface area contributed by atoms with Gasteiger partial charge in [0, 0.05) is 5.56 Å². The van der Waals surface area contributed by atoms with Gasteiger partial charge in [-0.25, -0.2) is 0 Å². The van der Waals surface area contributed by atoms with Gasteiger partial charge in [-0.15, -0.1) is 0 Å². The van der Waals surface area contributed by atoms with Crippen LogP contribution in [-0.2, 0) is 6.18 Å². The van der Waals surface area contributed by atoms with Crippen molar-refractivity contribution in [1.29, 1.82) is 0 Å². The molecule has 15 heavy (non-hydrogen) atoms. The van der Waals surface area contributed by atoms with Crippen LogP contribution in [-0.4, -0.2) is 5.91 Å². The van der Waals surface area contributed by atoms with E-state index in [4.69, 9.17) is 5.73 Å². The molecule has 0 atom stereocenters. The molecule has 0 aromatic heterocycles. The molecule has 1 amide bonds. The molecule has 0 aliphatic carbocycles. The van der Waals surface area contributed by atoms with Gasteiger partial charge in [-0.3, -0.25) is 4.79 Å². The summed E-state index contributed by atoms with van der Waals surface area (Å²) in [6.45, 7) is 3.32. The van der Waals surface area contributed by atoms with Crippen molar-refractivity contribution in [3.05, 3.63) is 41.5 Å². The molecule has 2 N–H and O–H groups in total. The summed E-state index contributed by atoms with van der Waals surface area (Å²) in [5, 5.41) is 0. The van der Waals surface area contributed by atoms with E-state index in [2.05, 4.69) is 6.58 Å². The highest BCUT2D eigenvalue weighted by atomic mass is 19.4. The molecular formula is C10H8F3NO. The second-order valence-corrected chi connectivity index (χ2v) is 2.87. The Morgan fingerprint density at radius 3 is 2.40 bits per heavy atom. The number of amides is 1. The van der Waals surface area contributed by atoms with Crippen molar-refractivity contribution >= 4 is 12.0 Å². The molecule has 0 aliphatic rings. The summed E-state index contributed by atoms with van der Waals surface area (Å²) >= 11 is 0. The number of alkyl halides is 3. The maximum atomic E-state index is 12.3. The highest BCUT2D eigenvalue weighted by molar-refractivity contribution is 5.96. The van der Waals surface area contributed by atoms with Crippen LogP contribution >= 0.6 is 0 Å². The van der Waals surface area contributed by atoms with Gasteiger partial charge in [0.2, 0.25) is 5.91 Å². The fourth-order valence-corrected chi connectivity index (χ4v) is 1.13. The van der Waals surface area contributed by atoms with Crippen LogP contribution in [0.5, 0.6) is 0 Å². The Morgan fingerprint density at radius 1 is 1.40 bits per heavy atom. The first-order valence-corrected chi connectivity index (χ1v) is 3.99. The lowest BCUT2D eigenvalue weighted by Crippen LogP contribution is -2.14. The Kier molecular flexibility index (Phi) is 2.83. The van der Waals surface area contributed by atoms with Gasteiger partial charge >= 0.3 is 6.18 Å². The third kappa shape index (κ3) is 2.37. The average molecular weight is 215 g/mol. The van der Waals surface area contributed by atoms with Gasteiger partial charge in [0.15, 0.2) is 0 Å². The number of carbonyl (C=O) groups is 1. The minimum Gasteiger partial charge on any atom is -0.366 e. The quantitative estimate of drug-likeness (QED) is 0.808. The maximum Gasteiger partial charge on any atom is 0.416 e. The Morgan fingerprint density at radius 2 is 2.00 bits per heavy atom. The van der Waals surface area contributed by atoms with Gasteiger partial charge in [-0.2, -0.15) is 13.2 Å². The normalized spacial score (nSPS) is 11.1. The molecule has 0 aliphatic heterocycles. The fraction of sp³-hybridized carbons (Fsp3) is 0.100. The van der Waals surface area contributed by atoms with Crippen LogP contribution in [0.1, 0.15) is 21.5 Å². The van der Waals surface area contributed by atoms with Crippen LogP contribution in [0.15, 0.2) is 24.8 Å². The van der Waals surface area contributed by atoms with Crippen molar-refractivity contribution in [2.24, 2.45) is 5.73 Å². The number of halogens is 3. The lowest BCUT2D eigenvalue weighted by Gasteiger charge is -2.09. The highest BCUT2D eigenvalue weighted by Gasteiger charge is 2.30. The predicted octanol–water partition coefficient (Wildman–Crippen LogP) is 2.45. The average Bonchev–Trinajstić information content (AvgIpc) is 2.15. The van der Waals surface area contributed by atoms with E-state index in [9.17, 15) is 18.0 Å². The van der Waals surface area contributed by atoms with Crippen LogP contribution in [0.3, 0.4) is 0 Å². The zero-order chi connectivity index (χ0) is 11.6. The van der Waals surface area contributed by atoms with Gasteiger partial charge in [0.1, 0.15) is 0 Å². The van der Waals surface area contributed by atoms with E-state index in [-0.39, 0.29) is 11.1 Å². The topological polar surface area (TPSA) is 43.1 Å². The van der Waals surface area contributed by atoms with Crippen molar-refractivity contribution < 1.29 is 18.0 Å². The molecule has 0 radical (unpaired) electrons. The minimum atomic E-state index is -4.44. The largest absolute Gasteiger partial charge is 0.416 e. The van der Waals surface area contributed by atoms with Crippen molar-refractivity contribution in [1.82, 2.24) is 0 Å². The molecule has 0 fully saturated rings. The first-order valence-electron chi connectivity index (χ1n) is 3.99. The van der Waals surface area contributed by atoms with E-state index in [1.54, 1.807) is 0 Å². The first-order chi connectivity index (χ1) is 6.86. The molecule has 0 saturated carbocycles. The molecule has 0 unspecified atom stereocenters. The lowest BCUT2D eigenvalue weighted by atomic mass is 10.0. The maximum absolute atomic E-state index is 12.3. The summed E-state index contributed by atoms with van der Waals surface area (Å²) in [4.78, 5) is 10.8. The van der Waals surface area contributed by atoms with Gasteiger partial charge in [0.25, 0.3) is 0 Å². The van der Waals surface area contributed by atoms with E-state index in [0.29, 0.717) is 0 Å². The molecule has 0 saturated heterocycles. The van der Waals surface area contributed by atoms with E-state index in [1.807, 2.05) is 0 Å². The summed E-state index contributed by atoms with van der Waals surface area (Å²) in [5.74, 6) is -0.779. The number of nitrogens with two attached hydrogens (primary N) is 1. The van der Waals surface area contributed by atoms with Gasteiger partial charge in [-0.05, 0) is 23.8 Å². The predicted molar refractivity (Wildman–Crippen MR) is 50.1 cm³/mol. The number of hydrogen-bond acceptors (Lipinski definition) is 1. The summed E-state index contributed by atoms with van der Waals surface area (Å²) in [6.07, 6.45) is -3.27. The van der Waals surface area contributed by atoms with Crippen LogP contribution in [0.25, 0.3) is 6.08 Å². The van der Waals surface area contributed by atoms with E-state index >= 15 is 0 Å². The molecular weight excluding hydrogens is 207 g/mol. The minimum absolute atomic E-state index is 0.0259. The number of benzene rings is 1. The summed E-state index contributed by atoms with van der Waals surface area (Å²) < 4.78 is 36.9. The zero-order valence-electron chi connectivity index (χ0n) is 7.64. The Hall–Kier alpha value is -1.78. The Bertz CT molecular complexity index is 410. The second-order valence-electron chi connectivity index (χ2n) is 2.87. The van der Waals surface area contributed by atoms with Crippen LogP contribution in [0.2, 0.25) is 0 Å². The molecule has 1 aromatic carbocycles. The van der Waals surface area contributed by atoms with Crippen molar-refractivity contribution in [2.45, 2.75) is 6.18 Å². The number of primary amides is 1. The smallest absolute Gasteiger partial charge is 0.366 e. The Balaban J connectivity index is 3.31. The summed E-state index contributed by atoms with van der Waals surface area (Å²) in [5.41, 5.74) is 4.26. The molecule has 1 aromatic rings. The standard InChI is InChI=1S/C10H8F3NO/c1-2-6-5-7(10(11,12)13)3-4-8(6)9(14)15/h2-5H,1H2,(H2,14,15). The molecule has 2 nitrogen and oxygen atoms in total. The van der Waals surface area contributed by atoms with Crippen molar-refractivity contribution in [3.8, 4) is 0 Å². The van der Waals surface area contributed by atoms with Crippen molar-refractivity contribution in [2.75, 3.05) is 0 Å². The van der Waals surface area contributed by atoms with Gasteiger partial charge < -0.3 is 5.73 Å². The van der Waals surface area contributed by atoms with E-state index in [1.165, 1.54) is 0 Å². The van der Waals surface area contributed by atoms with Crippen LogP contribution in [0, 0.1) is 0 Å². The SMILES string of the molecule is C=Cc1cc(C(F)(F)F)ccc1C(N)=O. The van der Waals surface area contributed by atoms with Crippen LogP contribution in [0.4, 0.5) is 13.2 Å². The number of hydrogen-bond donors (Lipinski definition) is 1. The second kappa shape index (κ2) is 3.76. The molecule has 0 spiro atoms. The Labute approximate surface area is 84.2 Å². The molecule has 80 valence electrons. The summed E-state index contributed by atoms with van der Waals surface area (Å²) in [6, 6.07) is 2.70. The number of rotatable bonds is 2. The van der Waals surface area contributed by atoms with E-state index < -0.39 is 17.6 Å². The highest BCUT2D eigenvalue weighted by Crippen LogP contribution is 2.30. The lowest BCUT2D eigenvalue weighted by molar-refractivity contribution is -0.137. The van der Waals surface area contributed by atoms with Crippen LogP contribution < -0.4 is 5.73 Å². The fourth-order valence-electron chi connectivity index (χ4n) is 1.13. The molecule has 0 heterocycles. The first kappa shape index (κ1) is 11.3. The zero-order valence-corrected chi connectivity index (χ0v) is 7.64. The molecule has 0 bridgehead atoms. The third-order valence-corrected chi connectivity index (χ3v) is 1.86. The van der Waals surface area contributed by atoms with Gasteiger partial charge in [0.05, 0.1) is 5.56 Å². The molecule has 5 heteroatoms. The number of carbonyl (C=O) groups excluding carboxylic acids is 1. The van der Waals surface area contributed by atoms with Crippen molar-refractivity contribution in [3.63, 3.8) is 0 Å². The molecule has 1 rings (SSSR count). The third-order valence-electron chi connectivity index (χ3n) is 1.86.